The molecule has 1 aliphatic rings. The minimum atomic E-state index is -0.223. The van der Waals surface area contributed by atoms with E-state index < -0.39 is 0 Å². The van der Waals surface area contributed by atoms with Gasteiger partial charge in [-0.15, -0.1) is 24.0 Å². The van der Waals surface area contributed by atoms with Crippen LogP contribution in [0.15, 0.2) is 29.4 Å². The first kappa shape index (κ1) is 22.9. The van der Waals surface area contributed by atoms with Gasteiger partial charge in [-0.1, -0.05) is 0 Å². The molecule has 2 heterocycles. The average molecular weight is 504 g/mol. The van der Waals surface area contributed by atoms with Crippen LogP contribution >= 0.6 is 24.0 Å². The Morgan fingerprint density at radius 2 is 2.07 bits per heavy atom. The first-order chi connectivity index (χ1) is 13.3. The van der Waals surface area contributed by atoms with Crippen molar-refractivity contribution in [2.24, 2.45) is 4.99 Å². The van der Waals surface area contributed by atoms with Gasteiger partial charge in [-0.2, -0.15) is 0 Å². The molecule has 2 aromatic rings. The summed E-state index contributed by atoms with van der Waals surface area (Å²) < 4.78 is 24.5. The Hall–Kier alpha value is -1.39. The summed E-state index contributed by atoms with van der Waals surface area (Å²) in [7, 11) is 1.77. The van der Waals surface area contributed by atoms with Gasteiger partial charge in [0.25, 0.3) is 0 Å². The molecule has 1 aliphatic heterocycles. The third-order valence-corrected chi connectivity index (χ3v) is 4.78. The largest absolute Gasteiger partial charge is 0.381 e. The smallest absolute Gasteiger partial charge is 0.190 e. The maximum Gasteiger partial charge on any atom is 0.190 e. The molecule has 1 aromatic heterocycles. The molecule has 0 saturated carbocycles. The number of aliphatic imine (C=N–C) groups is 1. The molecule has 6 nitrogen and oxygen atoms in total. The maximum absolute atomic E-state index is 13.3. The summed E-state index contributed by atoms with van der Waals surface area (Å²) in [6.45, 7) is 3.94. The van der Waals surface area contributed by atoms with Crippen LogP contribution in [0, 0.1) is 5.82 Å². The molecule has 0 aliphatic carbocycles. The Bertz CT molecular complexity index is 747. The normalized spacial score (nSPS) is 15.4. The molecule has 3 N–H and O–H groups in total. The number of aromatic nitrogens is 1. The highest BCUT2D eigenvalue weighted by atomic mass is 127. The zero-order chi connectivity index (χ0) is 18.9. The molecule has 1 aromatic carbocycles. The van der Waals surface area contributed by atoms with E-state index in [1.807, 2.05) is 12.3 Å². The van der Waals surface area contributed by atoms with Gasteiger partial charge in [0.2, 0.25) is 0 Å². The van der Waals surface area contributed by atoms with Gasteiger partial charge in [0.05, 0.1) is 6.10 Å². The highest BCUT2D eigenvalue weighted by Gasteiger charge is 2.13. The van der Waals surface area contributed by atoms with Crippen LogP contribution in [0.1, 0.15) is 24.8 Å². The molecule has 3 rings (SSSR count). The number of benzene rings is 1. The SMILES string of the molecule is CN=C(NCCCOC1CCOCC1)NCCc1c[nH]c2cc(F)ccc12.I. The van der Waals surface area contributed by atoms with Gasteiger partial charge in [-0.05, 0) is 49.4 Å². The lowest BCUT2D eigenvalue weighted by atomic mass is 10.1. The van der Waals surface area contributed by atoms with E-state index in [9.17, 15) is 4.39 Å². The number of hydrogen-bond acceptors (Lipinski definition) is 3. The molecule has 156 valence electrons. The summed E-state index contributed by atoms with van der Waals surface area (Å²) in [6.07, 6.45) is 6.05. The quantitative estimate of drug-likeness (QED) is 0.224. The molecule has 0 spiro atoms. The summed E-state index contributed by atoms with van der Waals surface area (Å²) >= 11 is 0. The van der Waals surface area contributed by atoms with Crippen molar-refractivity contribution in [1.29, 1.82) is 0 Å². The number of fused-ring (bicyclic) bond motifs is 1. The van der Waals surface area contributed by atoms with E-state index in [0.717, 1.165) is 81.0 Å². The minimum Gasteiger partial charge on any atom is -0.381 e. The van der Waals surface area contributed by atoms with E-state index >= 15 is 0 Å². The summed E-state index contributed by atoms with van der Waals surface area (Å²) in [6, 6.07) is 4.84. The summed E-state index contributed by atoms with van der Waals surface area (Å²) in [5, 5.41) is 7.69. The fourth-order valence-electron chi connectivity index (χ4n) is 3.27. The van der Waals surface area contributed by atoms with Crippen LogP contribution in [0.5, 0.6) is 0 Å². The van der Waals surface area contributed by atoms with Gasteiger partial charge in [0.15, 0.2) is 5.96 Å². The van der Waals surface area contributed by atoms with Gasteiger partial charge >= 0.3 is 0 Å². The van der Waals surface area contributed by atoms with E-state index in [1.54, 1.807) is 7.05 Å². The fraction of sp³-hybridized carbons (Fsp3) is 0.550. The van der Waals surface area contributed by atoms with Crippen LogP contribution in [0.3, 0.4) is 0 Å². The van der Waals surface area contributed by atoms with Gasteiger partial charge in [0.1, 0.15) is 5.82 Å². The topological polar surface area (TPSA) is 70.7 Å². The Morgan fingerprint density at radius 1 is 1.29 bits per heavy atom. The van der Waals surface area contributed by atoms with Crippen molar-refractivity contribution in [2.45, 2.75) is 31.8 Å². The standard InChI is InChI=1S/C20H29FN4O2.HI/c1-22-20(23-8-2-10-27-17-6-11-26-12-7-17)24-9-5-15-14-25-19-13-16(21)3-4-18(15)19;/h3-4,13-14,17,25H,2,5-12H2,1H3,(H2,22,23,24);1H. The number of aromatic amines is 1. The minimum absolute atomic E-state index is 0. The van der Waals surface area contributed by atoms with E-state index in [2.05, 4.69) is 20.6 Å². The molecule has 0 unspecified atom stereocenters. The van der Waals surface area contributed by atoms with Crippen molar-refractivity contribution < 1.29 is 13.9 Å². The molecular formula is C20H30FIN4O2. The number of halogens is 2. The third kappa shape index (κ3) is 6.89. The lowest BCUT2D eigenvalue weighted by Gasteiger charge is -2.22. The zero-order valence-electron chi connectivity index (χ0n) is 16.3. The second kappa shape index (κ2) is 12.2. The Morgan fingerprint density at radius 3 is 2.86 bits per heavy atom. The van der Waals surface area contributed by atoms with Crippen molar-refractivity contribution >= 4 is 40.8 Å². The Labute approximate surface area is 182 Å². The van der Waals surface area contributed by atoms with Crippen molar-refractivity contribution in [1.82, 2.24) is 15.6 Å². The second-order valence-corrected chi connectivity index (χ2v) is 6.72. The Kier molecular flexibility index (Phi) is 10.0. The van der Waals surface area contributed by atoms with Crippen LogP contribution in [0.4, 0.5) is 4.39 Å². The first-order valence-corrected chi connectivity index (χ1v) is 9.65. The highest BCUT2D eigenvalue weighted by Crippen LogP contribution is 2.19. The summed E-state index contributed by atoms with van der Waals surface area (Å²) in [5.74, 6) is 0.561. The monoisotopic (exact) mass is 504 g/mol. The molecule has 28 heavy (non-hydrogen) atoms. The summed E-state index contributed by atoms with van der Waals surface area (Å²) in [5.41, 5.74) is 2.00. The first-order valence-electron chi connectivity index (χ1n) is 9.65. The molecular weight excluding hydrogens is 474 g/mol. The van der Waals surface area contributed by atoms with Gasteiger partial charge < -0.3 is 25.1 Å². The summed E-state index contributed by atoms with van der Waals surface area (Å²) in [4.78, 5) is 7.37. The van der Waals surface area contributed by atoms with Gasteiger partial charge in [-0.3, -0.25) is 4.99 Å². The van der Waals surface area contributed by atoms with Crippen LogP contribution in [-0.2, 0) is 15.9 Å². The lowest BCUT2D eigenvalue weighted by molar-refractivity contribution is -0.0320. The highest BCUT2D eigenvalue weighted by molar-refractivity contribution is 14.0. The molecule has 0 radical (unpaired) electrons. The van der Waals surface area contributed by atoms with Crippen LogP contribution in [-0.4, -0.2) is 57.0 Å². The molecule has 1 fully saturated rings. The van der Waals surface area contributed by atoms with Crippen molar-refractivity contribution in [2.75, 3.05) is 40.0 Å². The maximum atomic E-state index is 13.3. The van der Waals surface area contributed by atoms with Crippen LogP contribution in [0.2, 0.25) is 0 Å². The molecule has 0 bridgehead atoms. The van der Waals surface area contributed by atoms with Gasteiger partial charge in [0, 0.05) is 57.1 Å². The fourth-order valence-corrected chi connectivity index (χ4v) is 3.27. The van der Waals surface area contributed by atoms with Gasteiger partial charge in [-0.25, -0.2) is 4.39 Å². The van der Waals surface area contributed by atoms with Crippen molar-refractivity contribution in [3.63, 3.8) is 0 Å². The van der Waals surface area contributed by atoms with E-state index in [0.29, 0.717) is 6.10 Å². The number of nitrogens with one attached hydrogen (secondary N) is 3. The zero-order valence-corrected chi connectivity index (χ0v) is 18.6. The van der Waals surface area contributed by atoms with Crippen molar-refractivity contribution in [3.8, 4) is 0 Å². The van der Waals surface area contributed by atoms with Crippen molar-refractivity contribution in [3.05, 3.63) is 35.8 Å². The molecule has 1 saturated heterocycles. The number of guanidine groups is 1. The number of ether oxygens (including phenoxy) is 2. The Balaban J connectivity index is 0.00000280. The number of rotatable bonds is 8. The molecule has 0 atom stereocenters. The molecule has 8 heteroatoms. The third-order valence-electron chi connectivity index (χ3n) is 4.78. The van der Waals surface area contributed by atoms with E-state index in [4.69, 9.17) is 9.47 Å². The average Bonchev–Trinajstić information content (AvgIpc) is 3.09. The van der Waals surface area contributed by atoms with Crippen LogP contribution < -0.4 is 10.6 Å². The lowest BCUT2D eigenvalue weighted by Crippen LogP contribution is -2.39. The van der Waals surface area contributed by atoms with E-state index in [1.165, 1.54) is 12.1 Å². The predicted molar refractivity (Wildman–Crippen MR) is 121 cm³/mol. The van der Waals surface area contributed by atoms with E-state index in [-0.39, 0.29) is 29.8 Å². The van der Waals surface area contributed by atoms with Crippen LogP contribution in [0.25, 0.3) is 10.9 Å². The predicted octanol–water partition coefficient (Wildman–Crippen LogP) is 3.22. The second-order valence-electron chi connectivity index (χ2n) is 6.72. The number of hydrogen-bond donors (Lipinski definition) is 3. The number of nitrogens with zero attached hydrogens (tertiary/aromatic N) is 1. The number of H-pyrrole nitrogens is 1. The molecule has 0 amide bonds.